The van der Waals surface area contributed by atoms with Crippen LogP contribution in [0, 0.1) is 0 Å². The van der Waals surface area contributed by atoms with Crippen LogP contribution in [0.25, 0.3) is 0 Å². The minimum Gasteiger partial charge on any atom is -0.306 e. The Bertz CT molecular complexity index is 352. The predicted octanol–water partition coefficient (Wildman–Crippen LogP) is -0.162. The third-order valence-electron chi connectivity index (χ3n) is 3.43. The highest BCUT2D eigenvalue weighted by Gasteiger charge is 2.52. The summed E-state index contributed by atoms with van der Waals surface area (Å²) in [7, 11) is -1.18. The lowest BCUT2D eigenvalue weighted by molar-refractivity contribution is -0.116. The van der Waals surface area contributed by atoms with Crippen molar-refractivity contribution in [3.05, 3.63) is 0 Å². The fourth-order valence-corrected chi connectivity index (χ4v) is 4.42. The van der Waals surface area contributed by atoms with Gasteiger partial charge in [0.25, 0.3) is 0 Å². The Morgan fingerprint density at radius 1 is 1.29 bits per heavy atom. The maximum Gasteiger partial charge on any atom is 0.163 e. The van der Waals surface area contributed by atoms with Crippen LogP contribution >= 0.6 is 0 Å². The van der Waals surface area contributed by atoms with Gasteiger partial charge >= 0.3 is 0 Å². The first-order valence-corrected chi connectivity index (χ1v) is 6.53. The summed E-state index contributed by atoms with van der Waals surface area (Å²) in [6.07, 6.45) is 1.50. The van der Waals surface area contributed by atoms with Gasteiger partial charge in [0.05, 0.1) is 4.75 Å². The molecular formula is C9H15NO3S. The van der Waals surface area contributed by atoms with E-state index in [1.807, 2.05) is 7.05 Å². The molecule has 0 radical (unpaired) electrons. The summed E-state index contributed by atoms with van der Waals surface area (Å²) in [6, 6.07) is 0. The Morgan fingerprint density at radius 3 is 2.29 bits per heavy atom. The van der Waals surface area contributed by atoms with Crippen molar-refractivity contribution in [2.24, 2.45) is 0 Å². The molecule has 80 valence electrons. The summed E-state index contributed by atoms with van der Waals surface area (Å²) in [5.74, 6) is -0.328. The summed E-state index contributed by atoms with van der Waals surface area (Å²) in [6.45, 7) is 1.57. The van der Waals surface area contributed by atoms with Gasteiger partial charge in [0, 0.05) is 6.42 Å². The van der Waals surface area contributed by atoms with Crippen molar-refractivity contribution in [1.29, 1.82) is 0 Å². The monoisotopic (exact) mass is 217 g/mol. The van der Waals surface area contributed by atoms with E-state index in [0.29, 0.717) is 12.8 Å². The molecule has 14 heavy (non-hydrogen) atoms. The molecule has 5 heteroatoms. The Labute approximate surface area is 84.2 Å². The second-order valence-corrected chi connectivity index (χ2v) is 6.85. The van der Waals surface area contributed by atoms with Gasteiger partial charge in [0.15, 0.2) is 9.84 Å². The fraction of sp³-hybridized carbons (Fsp3) is 0.889. The molecule has 2 heterocycles. The molecule has 2 aliphatic rings. The summed E-state index contributed by atoms with van der Waals surface area (Å²) in [4.78, 5) is 13.3. The largest absolute Gasteiger partial charge is 0.306 e. The van der Waals surface area contributed by atoms with Crippen molar-refractivity contribution in [3.8, 4) is 0 Å². The molecular weight excluding hydrogens is 202 g/mol. The lowest BCUT2D eigenvalue weighted by atomic mass is 9.91. The minimum atomic E-state index is -3.16. The first-order valence-electron chi connectivity index (χ1n) is 4.88. The van der Waals surface area contributed by atoms with Crippen molar-refractivity contribution >= 4 is 15.6 Å². The maximum atomic E-state index is 11.8. The zero-order valence-corrected chi connectivity index (χ0v) is 9.14. The smallest absolute Gasteiger partial charge is 0.163 e. The number of hydrogen-bond donors (Lipinski definition) is 0. The van der Waals surface area contributed by atoms with Gasteiger partial charge in [0.1, 0.15) is 11.5 Å². The summed E-state index contributed by atoms with van der Waals surface area (Å²) in [5.41, 5.74) is 0. The topological polar surface area (TPSA) is 54.5 Å². The molecule has 0 atom stereocenters. The summed E-state index contributed by atoms with van der Waals surface area (Å²) in [5, 5.41) is 0. The first-order chi connectivity index (χ1) is 6.45. The van der Waals surface area contributed by atoms with Crippen LogP contribution in [-0.2, 0) is 14.6 Å². The van der Waals surface area contributed by atoms with Gasteiger partial charge in [-0.1, -0.05) is 0 Å². The number of piperidine rings is 1. The van der Waals surface area contributed by atoms with Crippen LogP contribution in [0.1, 0.15) is 19.3 Å². The molecule has 0 bridgehead atoms. The van der Waals surface area contributed by atoms with Gasteiger partial charge in [-0.3, -0.25) is 4.79 Å². The molecule has 0 aromatic heterocycles. The van der Waals surface area contributed by atoms with Crippen molar-refractivity contribution in [2.75, 3.05) is 25.9 Å². The Kier molecular flexibility index (Phi) is 2.19. The number of ketones is 1. The van der Waals surface area contributed by atoms with Crippen LogP contribution < -0.4 is 0 Å². The van der Waals surface area contributed by atoms with E-state index >= 15 is 0 Å². The van der Waals surface area contributed by atoms with Gasteiger partial charge in [-0.05, 0) is 33.0 Å². The van der Waals surface area contributed by atoms with E-state index in [2.05, 4.69) is 4.90 Å². The molecule has 0 N–H and O–H groups in total. The van der Waals surface area contributed by atoms with Gasteiger partial charge in [-0.15, -0.1) is 0 Å². The minimum absolute atomic E-state index is 0.102. The first kappa shape index (κ1) is 10.1. The Balaban J connectivity index is 2.28. The van der Waals surface area contributed by atoms with E-state index < -0.39 is 14.6 Å². The van der Waals surface area contributed by atoms with E-state index in [4.69, 9.17) is 0 Å². The molecule has 4 nitrogen and oxygen atoms in total. The van der Waals surface area contributed by atoms with Gasteiger partial charge < -0.3 is 4.90 Å². The van der Waals surface area contributed by atoms with Gasteiger partial charge in [0.2, 0.25) is 0 Å². The summed E-state index contributed by atoms with van der Waals surface area (Å²) >= 11 is 0. The number of carbonyl (C=O) groups is 1. The van der Waals surface area contributed by atoms with Crippen LogP contribution in [0.3, 0.4) is 0 Å². The molecule has 2 rings (SSSR count). The fourth-order valence-electron chi connectivity index (χ4n) is 2.40. The zero-order valence-electron chi connectivity index (χ0n) is 8.32. The highest BCUT2D eigenvalue weighted by atomic mass is 32.2. The van der Waals surface area contributed by atoms with Crippen LogP contribution in [-0.4, -0.2) is 49.7 Å². The van der Waals surface area contributed by atoms with E-state index in [0.717, 1.165) is 13.1 Å². The molecule has 0 aromatic rings. The van der Waals surface area contributed by atoms with Crippen molar-refractivity contribution < 1.29 is 13.2 Å². The molecule has 0 aromatic carbocycles. The van der Waals surface area contributed by atoms with Crippen molar-refractivity contribution in [2.45, 2.75) is 24.0 Å². The van der Waals surface area contributed by atoms with Crippen molar-refractivity contribution in [3.63, 3.8) is 0 Å². The molecule has 0 saturated carbocycles. The number of hydrogen-bond acceptors (Lipinski definition) is 4. The van der Waals surface area contributed by atoms with Crippen LogP contribution in [0.4, 0.5) is 0 Å². The Hall–Kier alpha value is -0.420. The van der Waals surface area contributed by atoms with E-state index in [-0.39, 0.29) is 18.0 Å². The third kappa shape index (κ3) is 1.39. The van der Waals surface area contributed by atoms with Crippen molar-refractivity contribution in [1.82, 2.24) is 4.90 Å². The van der Waals surface area contributed by atoms with Crippen LogP contribution in [0.5, 0.6) is 0 Å². The number of sulfone groups is 1. The number of likely N-dealkylation sites (tertiary alicyclic amines) is 1. The van der Waals surface area contributed by atoms with E-state index in [1.165, 1.54) is 0 Å². The summed E-state index contributed by atoms with van der Waals surface area (Å²) < 4.78 is 22.9. The average molecular weight is 217 g/mol. The van der Waals surface area contributed by atoms with E-state index in [9.17, 15) is 13.2 Å². The molecule has 2 fully saturated rings. The molecule has 0 amide bonds. The molecule has 2 saturated heterocycles. The van der Waals surface area contributed by atoms with E-state index in [1.54, 1.807) is 0 Å². The molecule has 0 unspecified atom stereocenters. The average Bonchev–Trinajstić information content (AvgIpc) is 2.28. The van der Waals surface area contributed by atoms with Crippen LogP contribution in [0.15, 0.2) is 0 Å². The highest BCUT2D eigenvalue weighted by molar-refractivity contribution is 7.94. The van der Waals surface area contributed by atoms with Gasteiger partial charge in [-0.25, -0.2) is 8.42 Å². The van der Waals surface area contributed by atoms with Crippen LogP contribution in [0.2, 0.25) is 0 Å². The normalized spacial score (nSPS) is 31.1. The lowest BCUT2D eigenvalue weighted by Crippen LogP contribution is -2.45. The number of carbonyl (C=O) groups excluding carboxylic acids is 1. The quantitative estimate of drug-likeness (QED) is 0.565. The molecule has 1 spiro atoms. The molecule has 2 aliphatic heterocycles. The highest BCUT2D eigenvalue weighted by Crippen LogP contribution is 2.38. The lowest BCUT2D eigenvalue weighted by Gasteiger charge is -2.35. The second-order valence-electron chi connectivity index (χ2n) is 4.46. The number of nitrogens with zero attached hydrogens (tertiary/aromatic N) is 1. The second kappa shape index (κ2) is 3.03. The van der Waals surface area contributed by atoms with Gasteiger partial charge in [-0.2, -0.15) is 0 Å². The standard InChI is InChI=1S/C9H15NO3S/c1-10-4-2-9(3-5-10)6-8(11)7-14(9,12)13/h2-7H2,1H3. The number of Topliss-reactive ketones (excluding diaryl/α,β-unsaturated/α-hetero) is 1. The predicted molar refractivity (Wildman–Crippen MR) is 52.9 cm³/mol. The maximum absolute atomic E-state index is 11.8. The number of rotatable bonds is 0. The Morgan fingerprint density at radius 2 is 1.86 bits per heavy atom. The molecule has 0 aliphatic carbocycles. The third-order valence-corrected chi connectivity index (χ3v) is 6.00. The SMILES string of the molecule is CN1CCC2(CC1)CC(=O)CS2(=O)=O. The zero-order chi connectivity index (χ0) is 10.4.